The number of amides is 1. The van der Waals surface area contributed by atoms with Crippen LogP contribution in [0.1, 0.15) is 17.3 Å². The maximum absolute atomic E-state index is 13.8. The molecule has 1 amide bonds. The van der Waals surface area contributed by atoms with Crippen molar-refractivity contribution in [1.29, 1.82) is 0 Å². The Balaban J connectivity index is 1.79. The third kappa shape index (κ3) is 3.93. The van der Waals surface area contributed by atoms with Crippen molar-refractivity contribution in [2.45, 2.75) is 6.92 Å². The lowest BCUT2D eigenvalue weighted by Crippen LogP contribution is -2.34. The third-order valence-electron chi connectivity index (χ3n) is 4.17. The van der Waals surface area contributed by atoms with Gasteiger partial charge in [-0.05, 0) is 30.5 Å². The molecular formula is C21H17ClFNO3. The van der Waals surface area contributed by atoms with Crippen molar-refractivity contribution >= 4 is 39.9 Å². The van der Waals surface area contributed by atoms with Gasteiger partial charge in [0.1, 0.15) is 11.4 Å². The molecule has 0 aliphatic heterocycles. The highest BCUT2D eigenvalue weighted by molar-refractivity contribution is 6.33. The Morgan fingerprint density at radius 2 is 1.74 bits per heavy atom. The van der Waals surface area contributed by atoms with Gasteiger partial charge in [0.25, 0.3) is 5.91 Å². The molecule has 0 bridgehead atoms. The first kappa shape index (κ1) is 18.9. The Kier molecular flexibility index (Phi) is 5.72. The van der Waals surface area contributed by atoms with E-state index in [2.05, 4.69) is 0 Å². The fourth-order valence-electron chi connectivity index (χ4n) is 2.89. The Morgan fingerprint density at radius 3 is 2.48 bits per heavy atom. The minimum atomic E-state index is -0.972. The molecule has 0 radical (unpaired) electrons. The van der Waals surface area contributed by atoms with Gasteiger partial charge in [-0.1, -0.05) is 54.1 Å². The fourth-order valence-corrected chi connectivity index (χ4v) is 3.14. The normalized spacial score (nSPS) is 10.6. The Hall–Kier alpha value is -2.92. The predicted octanol–water partition coefficient (Wildman–Crippen LogP) is 4.84. The molecule has 0 saturated carbocycles. The summed E-state index contributed by atoms with van der Waals surface area (Å²) in [4.78, 5) is 26.3. The number of ether oxygens (including phenoxy) is 1. The number of esters is 1. The second-order valence-electron chi connectivity index (χ2n) is 5.81. The summed E-state index contributed by atoms with van der Waals surface area (Å²) in [5.41, 5.74) is 0.348. The summed E-state index contributed by atoms with van der Waals surface area (Å²) in [6.07, 6.45) is 0. The summed E-state index contributed by atoms with van der Waals surface area (Å²) in [5.74, 6) is -2.17. The first-order chi connectivity index (χ1) is 13.0. The minimum Gasteiger partial charge on any atom is -0.452 e. The van der Waals surface area contributed by atoms with Crippen LogP contribution in [0.25, 0.3) is 10.8 Å². The van der Waals surface area contributed by atoms with E-state index in [1.54, 1.807) is 0 Å². The number of hydrogen-bond donors (Lipinski definition) is 0. The van der Waals surface area contributed by atoms with Crippen LogP contribution in [0, 0.1) is 5.82 Å². The van der Waals surface area contributed by atoms with E-state index >= 15 is 0 Å². The zero-order chi connectivity index (χ0) is 19.4. The summed E-state index contributed by atoms with van der Waals surface area (Å²) in [7, 11) is 0. The number of carbonyl (C=O) groups is 2. The van der Waals surface area contributed by atoms with Crippen LogP contribution in [0.3, 0.4) is 0 Å². The molecule has 6 heteroatoms. The lowest BCUT2D eigenvalue weighted by Gasteiger charge is -2.22. The Morgan fingerprint density at radius 1 is 1.04 bits per heavy atom. The molecule has 3 aromatic rings. The Bertz CT molecular complexity index is 980. The molecule has 0 aliphatic carbocycles. The molecule has 0 spiro atoms. The van der Waals surface area contributed by atoms with Crippen molar-refractivity contribution in [3.63, 3.8) is 0 Å². The molecule has 4 nitrogen and oxygen atoms in total. The van der Waals surface area contributed by atoms with Gasteiger partial charge in [0, 0.05) is 11.9 Å². The number of anilines is 1. The molecular weight excluding hydrogens is 369 g/mol. The van der Waals surface area contributed by atoms with Crippen LogP contribution in [0.4, 0.5) is 10.1 Å². The maximum atomic E-state index is 13.8. The van der Waals surface area contributed by atoms with E-state index in [1.807, 2.05) is 49.4 Å². The SMILES string of the molecule is CCN(C(=O)COC(=O)c1c(F)cccc1Cl)c1cccc2ccccc12. The second-order valence-corrected chi connectivity index (χ2v) is 6.22. The number of benzene rings is 3. The smallest absolute Gasteiger partial charge is 0.343 e. The second kappa shape index (κ2) is 8.18. The zero-order valence-electron chi connectivity index (χ0n) is 14.6. The predicted molar refractivity (Wildman–Crippen MR) is 104 cm³/mol. The van der Waals surface area contributed by atoms with Gasteiger partial charge in [-0.2, -0.15) is 0 Å². The molecule has 0 unspecified atom stereocenters. The molecule has 27 heavy (non-hydrogen) atoms. The number of hydrogen-bond acceptors (Lipinski definition) is 3. The number of carbonyl (C=O) groups excluding carboxylic acids is 2. The largest absolute Gasteiger partial charge is 0.452 e. The van der Waals surface area contributed by atoms with Gasteiger partial charge in [-0.3, -0.25) is 4.79 Å². The summed E-state index contributed by atoms with van der Waals surface area (Å²) < 4.78 is 18.8. The van der Waals surface area contributed by atoms with Crippen LogP contribution < -0.4 is 4.90 Å². The number of likely N-dealkylation sites (N-methyl/N-ethyl adjacent to an activating group) is 1. The van der Waals surface area contributed by atoms with Crippen molar-refractivity contribution in [2.24, 2.45) is 0 Å². The average molecular weight is 386 g/mol. The van der Waals surface area contributed by atoms with Gasteiger partial charge in [0.2, 0.25) is 0 Å². The van der Waals surface area contributed by atoms with Crippen LogP contribution in [-0.4, -0.2) is 25.0 Å². The summed E-state index contributed by atoms with van der Waals surface area (Å²) >= 11 is 5.85. The van der Waals surface area contributed by atoms with E-state index in [4.69, 9.17) is 16.3 Å². The molecule has 0 aliphatic rings. The van der Waals surface area contributed by atoms with E-state index in [0.717, 1.165) is 22.5 Å². The van der Waals surface area contributed by atoms with Crippen LogP contribution in [0.5, 0.6) is 0 Å². The van der Waals surface area contributed by atoms with E-state index < -0.39 is 24.3 Å². The van der Waals surface area contributed by atoms with Crippen LogP contribution in [0.15, 0.2) is 60.7 Å². The average Bonchev–Trinajstić information content (AvgIpc) is 2.67. The van der Waals surface area contributed by atoms with Gasteiger partial charge in [-0.15, -0.1) is 0 Å². The van der Waals surface area contributed by atoms with E-state index in [1.165, 1.54) is 17.0 Å². The highest BCUT2D eigenvalue weighted by atomic mass is 35.5. The van der Waals surface area contributed by atoms with Crippen molar-refractivity contribution in [3.05, 3.63) is 77.1 Å². The van der Waals surface area contributed by atoms with Crippen molar-refractivity contribution in [3.8, 4) is 0 Å². The summed E-state index contributed by atoms with van der Waals surface area (Å²) in [5, 5.41) is 1.85. The topological polar surface area (TPSA) is 46.6 Å². The quantitative estimate of drug-likeness (QED) is 0.590. The Labute approximate surface area is 161 Å². The summed E-state index contributed by atoms with van der Waals surface area (Å²) in [6.45, 7) is 1.71. The van der Waals surface area contributed by atoms with Gasteiger partial charge in [-0.25, -0.2) is 9.18 Å². The maximum Gasteiger partial charge on any atom is 0.343 e. The summed E-state index contributed by atoms with van der Waals surface area (Å²) in [6, 6.07) is 17.2. The highest BCUT2D eigenvalue weighted by Crippen LogP contribution is 2.27. The van der Waals surface area contributed by atoms with Crippen molar-refractivity contribution in [2.75, 3.05) is 18.1 Å². The molecule has 138 valence electrons. The van der Waals surface area contributed by atoms with E-state index in [0.29, 0.717) is 6.54 Å². The van der Waals surface area contributed by atoms with Gasteiger partial charge < -0.3 is 9.64 Å². The molecule has 3 rings (SSSR count). The molecule has 0 N–H and O–H groups in total. The first-order valence-corrected chi connectivity index (χ1v) is 8.80. The van der Waals surface area contributed by atoms with Gasteiger partial charge in [0.05, 0.1) is 10.7 Å². The highest BCUT2D eigenvalue weighted by Gasteiger charge is 2.21. The molecule has 0 fully saturated rings. The van der Waals surface area contributed by atoms with Crippen LogP contribution in [0.2, 0.25) is 5.02 Å². The van der Waals surface area contributed by atoms with Gasteiger partial charge in [0.15, 0.2) is 6.61 Å². The number of halogens is 2. The standard InChI is InChI=1S/C21H17ClFNO3/c1-2-24(18-12-5-8-14-7-3-4-9-15(14)18)19(25)13-27-21(26)20-16(22)10-6-11-17(20)23/h3-12H,2,13H2,1H3. The number of rotatable bonds is 5. The first-order valence-electron chi connectivity index (χ1n) is 8.42. The molecule has 0 heterocycles. The van der Waals surface area contributed by atoms with Crippen LogP contribution in [-0.2, 0) is 9.53 Å². The molecule has 0 saturated heterocycles. The molecule has 0 aromatic heterocycles. The number of nitrogens with zero attached hydrogens (tertiary/aromatic N) is 1. The lowest BCUT2D eigenvalue weighted by atomic mass is 10.1. The van der Waals surface area contributed by atoms with Crippen molar-refractivity contribution < 1.29 is 18.7 Å². The van der Waals surface area contributed by atoms with Crippen molar-refractivity contribution in [1.82, 2.24) is 0 Å². The lowest BCUT2D eigenvalue weighted by molar-refractivity contribution is -0.121. The minimum absolute atomic E-state index is 0.0612. The fraction of sp³-hybridized carbons (Fsp3) is 0.143. The van der Waals surface area contributed by atoms with Crippen LogP contribution >= 0.6 is 11.6 Å². The van der Waals surface area contributed by atoms with E-state index in [9.17, 15) is 14.0 Å². The monoisotopic (exact) mass is 385 g/mol. The molecule has 3 aromatic carbocycles. The zero-order valence-corrected chi connectivity index (χ0v) is 15.4. The molecule has 0 atom stereocenters. The van der Waals surface area contributed by atoms with Gasteiger partial charge >= 0.3 is 5.97 Å². The third-order valence-corrected chi connectivity index (χ3v) is 4.48. The van der Waals surface area contributed by atoms with E-state index in [-0.39, 0.29) is 10.6 Å². The number of fused-ring (bicyclic) bond motifs is 1.